The molecule has 0 aliphatic heterocycles. The first kappa shape index (κ1) is 29.5. The SMILES string of the molecule is CCCCn1c(-c2ccccc2)nc(-c2ccccc2)c1CN(Cc1ccc(S)cc1)Cc1ccc(OC(F)F)cc1. The highest BCUT2D eigenvalue weighted by molar-refractivity contribution is 7.80. The Morgan fingerprint density at radius 2 is 1.33 bits per heavy atom. The summed E-state index contributed by atoms with van der Waals surface area (Å²) in [5.74, 6) is 1.12. The molecule has 0 aliphatic carbocycles. The van der Waals surface area contributed by atoms with Crippen molar-refractivity contribution in [2.24, 2.45) is 0 Å². The Morgan fingerprint density at radius 3 is 1.90 bits per heavy atom. The van der Waals surface area contributed by atoms with Crippen molar-refractivity contribution in [1.82, 2.24) is 14.5 Å². The first-order valence-electron chi connectivity index (χ1n) is 14.2. The molecule has 0 saturated heterocycles. The fraction of sp³-hybridized carbons (Fsp3) is 0.229. The van der Waals surface area contributed by atoms with Gasteiger partial charge >= 0.3 is 6.61 Å². The van der Waals surface area contributed by atoms with E-state index >= 15 is 0 Å². The van der Waals surface area contributed by atoms with Crippen LogP contribution in [0.1, 0.15) is 36.6 Å². The third kappa shape index (κ3) is 7.66. The predicted octanol–water partition coefficient (Wildman–Crippen LogP) is 9.11. The summed E-state index contributed by atoms with van der Waals surface area (Å²) in [6.07, 6.45) is 2.10. The fourth-order valence-electron chi connectivity index (χ4n) is 5.11. The fourth-order valence-corrected chi connectivity index (χ4v) is 5.26. The van der Waals surface area contributed by atoms with Gasteiger partial charge in [-0.15, -0.1) is 12.6 Å². The van der Waals surface area contributed by atoms with Crippen molar-refractivity contribution in [3.63, 3.8) is 0 Å². The number of halogens is 2. The number of hydrogen-bond donors (Lipinski definition) is 1. The van der Waals surface area contributed by atoms with Crippen molar-refractivity contribution in [3.05, 3.63) is 126 Å². The lowest BCUT2D eigenvalue weighted by Gasteiger charge is -2.25. The summed E-state index contributed by atoms with van der Waals surface area (Å²) in [5, 5.41) is 0. The van der Waals surface area contributed by atoms with E-state index in [1.165, 1.54) is 0 Å². The van der Waals surface area contributed by atoms with E-state index in [9.17, 15) is 8.78 Å². The van der Waals surface area contributed by atoms with Gasteiger partial charge in [0.1, 0.15) is 11.6 Å². The van der Waals surface area contributed by atoms with Crippen molar-refractivity contribution in [2.75, 3.05) is 0 Å². The normalized spacial score (nSPS) is 11.4. The molecule has 0 radical (unpaired) electrons. The molecule has 42 heavy (non-hydrogen) atoms. The number of alkyl halides is 2. The van der Waals surface area contributed by atoms with E-state index in [1.54, 1.807) is 12.1 Å². The van der Waals surface area contributed by atoms with Crippen LogP contribution in [0.4, 0.5) is 8.78 Å². The predicted molar refractivity (Wildman–Crippen MR) is 168 cm³/mol. The number of nitrogens with zero attached hydrogens (tertiary/aromatic N) is 3. The number of rotatable bonds is 13. The maximum absolute atomic E-state index is 12.7. The minimum absolute atomic E-state index is 0.154. The molecule has 5 rings (SSSR count). The van der Waals surface area contributed by atoms with Crippen molar-refractivity contribution >= 4 is 12.6 Å². The summed E-state index contributed by atoms with van der Waals surface area (Å²) < 4.78 is 32.4. The molecule has 4 aromatic carbocycles. The molecule has 5 aromatic rings. The highest BCUT2D eigenvalue weighted by atomic mass is 32.1. The maximum atomic E-state index is 12.7. The average Bonchev–Trinajstić information content (AvgIpc) is 3.36. The average molecular weight is 584 g/mol. The Balaban J connectivity index is 1.57. The highest BCUT2D eigenvalue weighted by Crippen LogP contribution is 2.32. The van der Waals surface area contributed by atoms with E-state index < -0.39 is 6.61 Å². The molecule has 0 spiro atoms. The Labute approximate surface area is 252 Å². The minimum atomic E-state index is -2.85. The van der Waals surface area contributed by atoms with E-state index in [1.807, 2.05) is 48.5 Å². The summed E-state index contributed by atoms with van der Waals surface area (Å²) in [5.41, 5.74) is 6.45. The largest absolute Gasteiger partial charge is 0.435 e. The number of imidazole rings is 1. The van der Waals surface area contributed by atoms with E-state index in [0.717, 1.165) is 63.7 Å². The lowest BCUT2D eigenvalue weighted by molar-refractivity contribution is -0.0498. The summed E-state index contributed by atoms with van der Waals surface area (Å²) in [6, 6.07) is 35.8. The Morgan fingerprint density at radius 1 is 0.762 bits per heavy atom. The third-order valence-corrected chi connectivity index (χ3v) is 7.46. The molecule has 0 atom stereocenters. The first-order valence-corrected chi connectivity index (χ1v) is 14.7. The summed E-state index contributed by atoms with van der Waals surface area (Å²) in [7, 11) is 0. The van der Waals surface area contributed by atoms with Crippen LogP contribution < -0.4 is 4.74 Å². The highest BCUT2D eigenvalue weighted by Gasteiger charge is 2.22. The first-order chi connectivity index (χ1) is 20.5. The van der Waals surface area contributed by atoms with Crippen molar-refractivity contribution in [2.45, 2.75) is 57.5 Å². The summed E-state index contributed by atoms with van der Waals surface area (Å²) in [4.78, 5) is 8.55. The maximum Gasteiger partial charge on any atom is 0.387 e. The molecule has 0 aliphatic rings. The van der Waals surface area contributed by atoms with Crippen LogP contribution in [-0.4, -0.2) is 21.1 Å². The van der Waals surface area contributed by atoms with Gasteiger partial charge in [0.15, 0.2) is 0 Å². The van der Waals surface area contributed by atoms with Gasteiger partial charge in [-0.3, -0.25) is 4.90 Å². The van der Waals surface area contributed by atoms with E-state index in [2.05, 4.69) is 82.3 Å². The molecule has 1 heterocycles. The third-order valence-electron chi connectivity index (χ3n) is 7.16. The van der Waals surface area contributed by atoms with Crippen molar-refractivity contribution < 1.29 is 13.5 Å². The van der Waals surface area contributed by atoms with Crippen LogP contribution in [0.15, 0.2) is 114 Å². The van der Waals surface area contributed by atoms with Gasteiger partial charge in [0.25, 0.3) is 0 Å². The van der Waals surface area contributed by atoms with Gasteiger partial charge in [-0.05, 0) is 41.8 Å². The number of benzene rings is 4. The number of hydrogen-bond acceptors (Lipinski definition) is 4. The number of unbranched alkanes of at least 4 members (excludes halogenated alkanes) is 1. The van der Waals surface area contributed by atoms with Crippen molar-refractivity contribution in [3.8, 4) is 28.4 Å². The van der Waals surface area contributed by atoms with Crippen LogP contribution in [0.2, 0.25) is 0 Å². The second-order valence-electron chi connectivity index (χ2n) is 10.3. The zero-order valence-corrected chi connectivity index (χ0v) is 24.6. The summed E-state index contributed by atoms with van der Waals surface area (Å²) >= 11 is 4.46. The van der Waals surface area contributed by atoms with Gasteiger partial charge in [0, 0.05) is 42.2 Å². The molecule has 4 nitrogen and oxygen atoms in total. The topological polar surface area (TPSA) is 30.3 Å². The quantitative estimate of drug-likeness (QED) is 0.140. The molecular weight excluding hydrogens is 548 g/mol. The molecule has 216 valence electrons. The zero-order valence-electron chi connectivity index (χ0n) is 23.7. The van der Waals surface area contributed by atoms with Gasteiger partial charge in [-0.25, -0.2) is 4.98 Å². The molecule has 7 heteroatoms. The smallest absolute Gasteiger partial charge is 0.387 e. The van der Waals surface area contributed by atoms with Gasteiger partial charge < -0.3 is 9.30 Å². The van der Waals surface area contributed by atoms with Gasteiger partial charge in [-0.2, -0.15) is 8.78 Å². The van der Waals surface area contributed by atoms with Crippen LogP contribution in [-0.2, 0) is 26.2 Å². The standard InChI is InChI=1S/C35H35F2N3OS/c1-2-3-22-40-32(33(28-10-6-4-7-11-28)38-34(40)29-12-8-5-9-13-29)25-39(24-27-16-20-31(42)21-17-27)23-26-14-18-30(19-15-26)41-35(36)37/h4-21,35,42H,2-3,22-25H2,1H3. The molecule has 0 N–H and O–H groups in total. The van der Waals surface area contributed by atoms with Gasteiger partial charge in [0.2, 0.25) is 0 Å². The van der Waals surface area contributed by atoms with Crippen LogP contribution >= 0.6 is 12.6 Å². The monoisotopic (exact) mass is 583 g/mol. The van der Waals surface area contributed by atoms with Gasteiger partial charge in [-0.1, -0.05) is 98.3 Å². The van der Waals surface area contributed by atoms with E-state index in [-0.39, 0.29) is 5.75 Å². The number of aromatic nitrogens is 2. The second-order valence-corrected chi connectivity index (χ2v) is 10.8. The Hall–Kier alpha value is -3.94. The minimum Gasteiger partial charge on any atom is -0.435 e. The molecule has 0 saturated carbocycles. The van der Waals surface area contributed by atoms with Gasteiger partial charge in [0.05, 0.1) is 11.4 Å². The van der Waals surface area contributed by atoms with Crippen LogP contribution in [0, 0.1) is 0 Å². The molecule has 0 amide bonds. The molecule has 0 bridgehead atoms. The van der Waals surface area contributed by atoms with Crippen LogP contribution in [0.3, 0.4) is 0 Å². The number of thiol groups is 1. The van der Waals surface area contributed by atoms with Crippen LogP contribution in [0.5, 0.6) is 5.75 Å². The molecule has 0 unspecified atom stereocenters. The van der Waals surface area contributed by atoms with Crippen molar-refractivity contribution in [1.29, 1.82) is 0 Å². The van der Waals surface area contributed by atoms with E-state index in [0.29, 0.717) is 19.6 Å². The van der Waals surface area contributed by atoms with Crippen LogP contribution in [0.25, 0.3) is 22.6 Å². The summed E-state index contributed by atoms with van der Waals surface area (Å²) in [6.45, 7) is 2.17. The lowest BCUT2D eigenvalue weighted by Crippen LogP contribution is -2.24. The zero-order chi connectivity index (χ0) is 29.3. The number of ether oxygens (including phenoxy) is 1. The van der Waals surface area contributed by atoms with E-state index in [4.69, 9.17) is 4.98 Å². The Bertz CT molecular complexity index is 1540. The Kier molecular flexibility index (Phi) is 10.1. The molecule has 0 fully saturated rings. The molecule has 1 aromatic heterocycles. The lowest BCUT2D eigenvalue weighted by atomic mass is 10.1. The molecular formula is C35H35F2N3OS. The second kappa shape index (κ2) is 14.3.